The van der Waals surface area contributed by atoms with Crippen LogP contribution >= 0.6 is 0 Å². The summed E-state index contributed by atoms with van der Waals surface area (Å²) in [4.78, 5) is -0.403. The predicted octanol–water partition coefficient (Wildman–Crippen LogP) is 2.01. The zero-order valence-corrected chi connectivity index (χ0v) is 11.0. The van der Waals surface area contributed by atoms with Crippen molar-refractivity contribution in [2.75, 3.05) is 11.9 Å². The molecule has 1 aliphatic carbocycles. The molecule has 0 saturated heterocycles. The lowest BCUT2D eigenvalue weighted by atomic mass is 9.77. The molecule has 0 aromatic heterocycles. The number of hydrogen-bond acceptors (Lipinski definition) is 4. The third-order valence-electron chi connectivity index (χ3n) is 3.44. The first-order valence-electron chi connectivity index (χ1n) is 5.91. The molecule has 0 atom stereocenters. The van der Waals surface area contributed by atoms with E-state index in [0.29, 0.717) is 5.69 Å². The molecule has 1 aromatic carbocycles. The van der Waals surface area contributed by atoms with Crippen molar-refractivity contribution in [2.24, 2.45) is 0 Å². The number of nitrogens with one attached hydrogen (secondary N) is 1. The first kappa shape index (κ1) is 14.2. The van der Waals surface area contributed by atoms with Crippen LogP contribution in [0.4, 0.5) is 14.5 Å². The molecule has 0 heterocycles. The van der Waals surface area contributed by atoms with Crippen LogP contribution in [0.5, 0.6) is 0 Å². The Morgan fingerprint density at radius 3 is 2.21 bits per heavy atom. The van der Waals surface area contributed by atoms with Gasteiger partial charge in [0, 0.05) is 5.69 Å². The summed E-state index contributed by atoms with van der Waals surface area (Å²) in [6.45, 7) is -0.00984. The molecule has 0 unspecified atom stereocenters. The van der Waals surface area contributed by atoms with E-state index >= 15 is 0 Å². The predicted molar refractivity (Wildman–Crippen MR) is 66.9 cm³/mol. The number of halogens is 2. The van der Waals surface area contributed by atoms with Gasteiger partial charge in [0.2, 0.25) is 9.84 Å². The van der Waals surface area contributed by atoms with Gasteiger partial charge in [-0.25, -0.2) is 8.42 Å². The van der Waals surface area contributed by atoms with Gasteiger partial charge in [-0.1, -0.05) is 0 Å². The molecule has 1 aromatic rings. The SMILES string of the molecule is O=S(=O)(c1ccc(NC2(CO)CCC2)cc1)C(F)F. The van der Waals surface area contributed by atoms with Gasteiger partial charge in [0.1, 0.15) is 0 Å². The van der Waals surface area contributed by atoms with E-state index in [2.05, 4.69) is 5.32 Å². The van der Waals surface area contributed by atoms with E-state index in [-0.39, 0.29) is 12.1 Å². The van der Waals surface area contributed by atoms with Gasteiger partial charge in [0.05, 0.1) is 17.0 Å². The van der Waals surface area contributed by atoms with Gasteiger partial charge in [-0.3, -0.25) is 0 Å². The molecule has 7 heteroatoms. The number of hydrogen-bond donors (Lipinski definition) is 2. The lowest BCUT2D eigenvalue weighted by molar-refractivity contribution is 0.144. The maximum Gasteiger partial charge on any atom is 0.341 e. The Hall–Kier alpha value is -1.21. The second-order valence-corrected chi connectivity index (χ2v) is 6.66. The topological polar surface area (TPSA) is 66.4 Å². The van der Waals surface area contributed by atoms with Gasteiger partial charge in [-0.2, -0.15) is 8.78 Å². The third-order valence-corrected chi connectivity index (χ3v) is 4.84. The minimum atomic E-state index is -4.54. The molecule has 0 amide bonds. The molecule has 106 valence electrons. The van der Waals surface area contributed by atoms with E-state index < -0.39 is 20.5 Å². The van der Waals surface area contributed by atoms with Crippen molar-refractivity contribution in [3.8, 4) is 0 Å². The molecule has 0 bridgehead atoms. The molecule has 1 aliphatic rings. The Balaban J connectivity index is 2.15. The fourth-order valence-electron chi connectivity index (χ4n) is 2.06. The summed E-state index contributed by atoms with van der Waals surface area (Å²) in [6.07, 6.45) is 2.69. The highest BCUT2D eigenvalue weighted by Crippen LogP contribution is 2.35. The second-order valence-electron chi connectivity index (χ2n) is 4.75. The Morgan fingerprint density at radius 2 is 1.84 bits per heavy atom. The van der Waals surface area contributed by atoms with Crippen molar-refractivity contribution in [2.45, 2.75) is 35.5 Å². The molecular weight excluding hydrogens is 276 g/mol. The van der Waals surface area contributed by atoms with Crippen LogP contribution in [0.15, 0.2) is 29.2 Å². The average Bonchev–Trinajstić information content (AvgIpc) is 2.34. The number of alkyl halides is 2. The molecule has 2 rings (SSSR count). The molecule has 2 N–H and O–H groups in total. The van der Waals surface area contributed by atoms with Gasteiger partial charge in [-0.15, -0.1) is 0 Å². The van der Waals surface area contributed by atoms with Crippen LogP contribution in [-0.2, 0) is 9.84 Å². The van der Waals surface area contributed by atoms with Crippen molar-refractivity contribution >= 4 is 15.5 Å². The van der Waals surface area contributed by atoms with Crippen LogP contribution in [0, 0.1) is 0 Å². The highest BCUT2D eigenvalue weighted by atomic mass is 32.2. The van der Waals surface area contributed by atoms with Crippen molar-refractivity contribution in [3.63, 3.8) is 0 Å². The molecule has 19 heavy (non-hydrogen) atoms. The first-order chi connectivity index (χ1) is 8.89. The summed E-state index contributed by atoms with van der Waals surface area (Å²) in [5, 5.41) is 12.4. The largest absolute Gasteiger partial charge is 0.394 e. The quantitative estimate of drug-likeness (QED) is 0.871. The molecule has 1 saturated carbocycles. The van der Waals surface area contributed by atoms with Crippen LogP contribution in [0.2, 0.25) is 0 Å². The fraction of sp³-hybridized carbons (Fsp3) is 0.500. The molecule has 0 aliphatic heterocycles. The van der Waals surface area contributed by atoms with Crippen molar-refractivity contribution in [3.05, 3.63) is 24.3 Å². The number of rotatable bonds is 5. The Bertz CT molecular complexity index is 533. The van der Waals surface area contributed by atoms with Crippen LogP contribution < -0.4 is 5.32 Å². The van der Waals surface area contributed by atoms with E-state index in [0.717, 1.165) is 31.4 Å². The van der Waals surface area contributed by atoms with E-state index in [1.54, 1.807) is 0 Å². The zero-order chi connectivity index (χ0) is 14.1. The summed E-state index contributed by atoms with van der Waals surface area (Å²) in [5.74, 6) is -3.42. The summed E-state index contributed by atoms with van der Waals surface area (Å²) in [5.41, 5.74) is 0.255. The lowest BCUT2D eigenvalue weighted by Crippen LogP contribution is -2.48. The summed E-state index contributed by atoms with van der Waals surface area (Å²) >= 11 is 0. The van der Waals surface area contributed by atoms with Gasteiger partial charge in [-0.05, 0) is 43.5 Å². The molecular formula is C12H15F2NO3S. The molecule has 4 nitrogen and oxygen atoms in total. The van der Waals surface area contributed by atoms with Crippen molar-refractivity contribution in [1.29, 1.82) is 0 Å². The number of benzene rings is 1. The third kappa shape index (κ3) is 2.71. The molecule has 0 radical (unpaired) electrons. The van der Waals surface area contributed by atoms with E-state index in [1.807, 2.05) is 0 Å². The van der Waals surface area contributed by atoms with Gasteiger partial charge in [0.25, 0.3) is 0 Å². The average molecular weight is 291 g/mol. The van der Waals surface area contributed by atoms with Gasteiger partial charge >= 0.3 is 5.76 Å². The van der Waals surface area contributed by atoms with Crippen LogP contribution in [0.25, 0.3) is 0 Å². The zero-order valence-electron chi connectivity index (χ0n) is 10.1. The van der Waals surface area contributed by atoms with E-state index in [9.17, 15) is 22.3 Å². The summed E-state index contributed by atoms with van der Waals surface area (Å²) < 4.78 is 47.2. The lowest BCUT2D eigenvalue weighted by Gasteiger charge is -2.41. The van der Waals surface area contributed by atoms with Crippen molar-refractivity contribution < 1.29 is 22.3 Å². The number of aliphatic hydroxyl groups excluding tert-OH is 1. The van der Waals surface area contributed by atoms with E-state index in [1.165, 1.54) is 12.1 Å². The maximum atomic E-state index is 12.4. The van der Waals surface area contributed by atoms with Crippen molar-refractivity contribution in [1.82, 2.24) is 0 Å². The molecule has 0 spiro atoms. The number of sulfone groups is 1. The number of aliphatic hydroxyl groups is 1. The highest BCUT2D eigenvalue weighted by molar-refractivity contribution is 7.91. The van der Waals surface area contributed by atoms with Gasteiger partial charge in [0.15, 0.2) is 0 Å². The van der Waals surface area contributed by atoms with E-state index in [4.69, 9.17) is 0 Å². The maximum absolute atomic E-state index is 12.4. The monoisotopic (exact) mass is 291 g/mol. The second kappa shape index (κ2) is 5.05. The Morgan fingerprint density at radius 1 is 1.26 bits per heavy atom. The minimum absolute atomic E-state index is 0.00984. The molecule has 1 fully saturated rings. The summed E-state index contributed by atoms with van der Waals surface area (Å²) in [7, 11) is -4.54. The fourth-order valence-corrected chi connectivity index (χ4v) is 2.78. The normalized spacial score (nSPS) is 18.1. The van der Waals surface area contributed by atoms with Crippen LogP contribution in [0.1, 0.15) is 19.3 Å². The first-order valence-corrected chi connectivity index (χ1v) is 7.45. The van der Waals surface area contributed by atoms with Crippen LogP contribution in [-0.4, -0.2) is 31.4 Å². The minimum Gasteiger partial charge on any atom is -0.394 e. The van der Waals surface area contributed by atoms with Crippen LogP contribution in [0.3, 0.4) is 0 Å². The summed E-state index contributed by atoms with van der Waals surface area (Å²) in [6, 6.07) is 5.16. The highest BCUT2D eigenvalue weighted by Gasteiger charge is 2.36. The van der Waals surface area contributed by atoms with Gasteiger partial charge < -0.3 is 10.4 Å². The number of anilines is 1. The Kier molecular flexibility index (Phi) is 3.78. The smallest absolute Gasteiger partial charge is 0.341 e. The Labute approximate surface area is 110 Å². The standard InChI is InChI=1S/C12H15F2NO3S/c13-11(14)19(17,18)10-4-2-9(3-5-10)15-12(8-16)6-1-7-12/h2-5,11,15-16H,1,6-8H2.